The first kappa shape index (κ1) is 13.9. The van der Waals surface area contributed by atoms with Gasteiger partial charge >= 0.3 is 0 Å². The zero-order chi connectivity index (χ0) is 15.0. The van der Waals surface area contributed by atoms with Gasteiger partial charge in [0.25, 0.3) is 0 Å². The molecule has 110 valence electrons. The van der Waals surface area contributed by atoms with Gasteiger partial charge in [-0.15, -0.1) is 0 Å². The van der Waals surface area contributed by atoms with Crippen molar-refractivity contribution in [2.45, 2.75) is 38.0 Å². The number of carbonyl (C=O) groups is 2. The van der Waals surface area contributed by atoms with E-state index in [1.165, 1.54) is 0 Å². The van der Waals surface area contributed by atoms with Gasteiger partial charge in [-0.05, 0) is 24.5 Å². The van der Waals surface area contributed by atoms with Gasteiger partial charge in [0, 0.05) is 24.4 Å². The summed E-state index contributed by atoms with van der Waals surface area (Å²) in [6.45, 7) is 6.50. The van der Waals surface area contributed by atoms with E-state index < -0.39 is 5.41 Å². The number of hydrogen-bond donors (Lipinski definition) is 1. The van der Waals surface area contributed by atoms with Crippen molar-refractivity contribution < 1.29 is 9.59 Å². The van der Waals surface area contributed by atoms with E-state index in [1.807, 2.05) is 24.3 Å². The number of amides is 2. The number of allylic oxidation sites excluding steroid dienone is 1. The lowest BCUT2D eigenvalue weighted by atomic mass is 9.74. The first-order valence-electron chi connectivity index (χ1n) is 7.47. The Labute approximate surface area is 124 Å². The molecule has 0 radical (unpaired) electrons. The first-order chi connectivity index (χ1) is 10.1. The van der Waals surface area contributed by atoms with Crippen LogP contribution in [0.2, 0.25) is 0 Å². The Morgan fingerprint density at radius 1 is 1.38 bits per heavy atom. The molecule has 1 saturated heterocycles. The average Bonchev–Trinajstić information content (AvgIpc) is 2.74. The summed E-state index contributed by atoms with van der Waals surface area (Å²) in [4.78, 5) is 26.5. The number of anilines is 1. The van der Waals surface area contributed by atoms with E-state index in [0.29, 0.717) is 19.4 Å². The van der Waals surface area contributed by atoms with Gasteiger partial charge in [-0.3, -0.25) is 9.59 Å². The van der Waals surface area contributed by atoms with Gasteiger partial charge < -0.3 is 10.2 Å². The number of rotatable bonds is 3. The van der Waals surface area contributed by atoms with E-state index in [1.54, 1.807) is 4.90 Å². The summed E-state index contributed by atoms with van der Waals surface area (Å²) in [5.74, 6) is 0.0850. The maximum absolute atomic E-state index is 12.6. The quantitative estimate of drug-likeness (QED) is 0.928. The maximum atomic E-state index is 12.6. The van der Waals surface area contributed by atoms with E-state index in [2.05, 4.69) is 18.8 Å². The lowest BCUT2D eigenvalue weighted by Gasteiger charge is -2.39. The predicted octanol–water partition coefficient (Wildman–Crippen LogP) is 2.81. The molecule has 3 rings (SSSR count). The molecule has 1 N–H and O–H groups in total. The molecular formula is C17H20N2O2. The molecule has 2 amide bonds. The third kappa shape index (κ3) is 2.06. The summed E-state index contributed by atoms with van der Waals surface area (Å²) in [5.41, 5.74) is 2.09. The Kier molecular flexibility index (Phi) is 3.32. The van der Waals surface area contributed by atoms with E-state index >= 15 is 0 Å². The van der Waals surface area contributed by atoms with Gasteiger partial charge in [-0.25, -0.2) is 0 Å². The molecule has 1 atom stereocenters. The first-order valence-corrected chi connectivity index (χ1v) is 7.47. The molecule has 1 aromatic carbocycles. The van der Waals surface area contributed by atoms with Crippen LogP contribution in [-0.2, 0) is 15.0 Å². The van der Waals surface area contributed by atoms with Crippen molar-refractivity contribution >= 4 is 17.5 Å². The highest BCUT2D eigenvalue weighted by atomic mass is 16.2. The zero-order valence-electron chi connectivity index (χ0n) is 12.3. The molecule has 21 heavy (non-hydrogen) atoms. The number of para-hydroxylation sites is 1. The van der Waals surface area contributed by atoms with Crippen molar-refractivity contribution in [1.82, 2.24) is 4.90 Å². The maximum Gasteiger partial charge on any atom is 0.236 e. The minimum absolute atomic E-state index is 0.00509. The van der Waals surface area contributed by atoms with Crippen LogP contribution >= 0.6 is 0 Å². The van der Waals surface area contributed by atoms with Crippen LogP contribution in [0.4, 0.5) is 5.69 Å². The fourth-order valence-corrected chi connectivity index (χ4v) is 3.38. The number of fused-ring (bicyclic) bond motifs is 2. The van der Waals surface area contributed by atoms with Crippen molar-refractivity contribution in [3.63, 3.8) is 0 Å². The minimum atomic E-state index is -0.610. The van der Waals surface area contributed by atoms with Crippen LogP contribution in [0.1, 0.15) is 38.2 Å². The third-order valence-corrected chi connectivity index (χ3v) is 4.54. The lowest BCUT2D eigenvalue weighted by Crippen LogP contribution is -2.51. The Morgan fingerprint density at radius 2 is 2.14 bits per heavy atom. The smallest absolute Gasteiger partial charge is 0.236 e. The van der Waals surface area contributed by atoms with Gasteiger partial charge in [-0.1, -0.05) is 38.1 Å². The summed E-state index contributed by atoms with van der Waals surface area (Å²) >= 11 is 0. The summed E-state index contributed by atoms with van der Waals surface area (Å²) < 4.78 is 0. The van der Waals surface area contributed by atoms with Crippen molar-refractivity contribution in [2.24, 2.45) is 0 Å². The molecule has 2 aliphatic rings. The van der Waals surface area contributed by atoms with E-state index in [4.69, 9.17) is 0 Å². The van der Waals surface area contributed by atoms with Crippen LogP contribution in [-0.4, -0.2) is 23.3 Å². The summed E-state index contributed by atoms with van der Waals surface area (Å²) in [7, 11) is 0. The molecule has 4 heteroatoms. The number of likely N-dealkylation sites (tertiary alicyclic amines) is 1. The van der Waals surface area contributed by atoms with Gasteiger partial charge in [-0.2, -0.15) is 0 Å². The molecule has 0 aromatic heterocycles. The number of hydrogen-bond acceptors (Lipinski definition) is 2. The monoisotopic (exact) mass is 284 g/mol. The molecule has 2 heterocycles. The highest BCUT2D eigenvalue weighted by Gasteiger charge is 2.51. The second-order valence-electron chi connectivity index (χ2n) is 5.88. The van der Waals surface area contributed by atoms with Crippen molar-refractivity contribution in [3.05, 3.63) is 42.1 Å². The molecular weight excluding hydrogens is 264 g/mol. The molecule has 1 fully saturated rings. The van der Waals surface area contributed by atoms with E-state index in [9.17, 15) is 9.59 Å². The van der Waals surface area contributed by atoms with Crippen LogP contribution in [0.15, 0.2) is 36.5 Å². The van der Waals surface area contributed by atoms with Crippen molar-refractivity contribution in [1.29, 1.82) is 0 Å². The minimum Gasteiger partial charge on any atom is -0.325 e. The normalized spacial score (nSPS) is 24.1. The summed E-state index contributed by atoms with van der Waals surface area (Å²) in [6, 6.07) is 7.77. The molecule has 1 unspecified atom stereocenters. The van der Waals surface area contributed by atoms with Crippen molar-refractivity contribution in [2.75, 3.05) is 11.9 Å². The molecule has 4 nitrogen and oxygen atoms in total. The van der Waals surface area contributed by atoms with Crippen LogP contribution in [0.3, 0.4) is 0 Å². The molecule has 2 aliphatic heterocycles. The topological polar surface area (TPSA) is 49.4 Å². The number of piperidine rings is 1. The van der Waals surface area contributed by atoms with Crippen molar-refractivity contribution in [3.8, 4) is 0 Å². The summed E-state index contributed by atoms with van der Waals surface area (Å²) in [5, 5.41) is 2.96. The fraction of sp³-hybridized carbons (Fsp3) is 0.412. The second kappa shape index (κ2) is 5.02. The van der Waals surface area contributed by atoms with Gasteiger partial charge in [0.1, 0.15) is 0 Å². The lowest BCUT2D eigenvalue weighted by molar-refractivity contribution is -0.136. The fourth-order valence-electron chi connectivity index (χ4n) is 3.38. The SMILES string of the molecule is C=C(CCC)N1CC2(CCC1=O)C(=O)Nc1ccccc12. The number of carbonyl (C=O) groups excluding carboxylic acids is 2. The van der Waals surface area contributed by atoms with Gasteiger partial charge in [0.05, 0.1) is 5.41 Å². The second-order valence-corrected chi connectivity index (χ2v) is 5.88. The van der Waals surface area contributed by atoms with Crippen LogP contribution < -0.4 is 5.32 Å². The number of nitrogens with one attached hydrogen (secondary N) is 1. The van der Waals surface area contributed by atoms with Gasteiger partial charge in [0.15, 0.2) is 0 Å². The van der Waals surface area contributed by atoms with E-state index in [-0.39, 0.29) is 11.8 Å². The van der Waals surface area contributed by atoms with Gasteiger partial charge in [0.2, 0.25) is 11.8 Å². The molecule has 0 aliphatic carbocycles. The van der Waals surface area contributed by atoms with E-state index in [0.717, 1.165) is 29.8 Å². The van der Waals surface area contributed by atoms with Crippen LogP contribution in [0, 0.1) is 0 Å². The number of benzene rings is 1. The highest BCUT2D eigenvalue weighted by Crippen LogP contribution is 2.44. The summed E-state index contributed by atoms with van der Waals surface area (Å²) in [6.07, 6.45) is 2.69. The zero-order valence-corrected chi connectivity index (χ0v) is 12.3. The Hall–Kier alpha value is -2.10. The standard InChI is InChI=1S/C17H20N2O2/c1-3-6-12(2)19-11-17(10-9-15(19)20)13-7-4-5-8-14(13)18-16(17)21/h4-5,7-8H,2-3,6,9-11H2,1H3,(H,18,21). The predicted molar refractivity (Wildman–Crippen MR) is 81.7 cm³/mol. The third-order valence-electron chi connectivity index (χ3n) is 4.54. The Bertz CT molecular complexity index is 623. The average molecular weight is 284 g/mol. The van der Waals surface area contributed by atoms with Crippen LogP contribution in [0.5, 0.6) is 0 Å². The number of nitrogens with zero attached hydrogens (tertiary/aromatic N) is 1. The molecule has 0 bridgehead atoms. The molecule has 0 saturated carbocycles. The van der Waals surface area contributed by atoms with Crippen LogP contribution in [0.25, 0.3) is 0 Å². The molecule has 1 spiro atoms. The Morgan fingerprint density at radius 3 is 2.90 bits per heavy atom. The highest BCUT2D eigenvalue weighted by molar-refractivity contribution is 6.07. The largest absolute Gasteiger partial charge is 0.325 e. The Balaban J connectivity index is 1.97. The molecule has 1 aromatic rings.